The summed E-state index contributed by atoms with van der Waals surface area (Å²) >= 11 is 0. The molecule has 21 heavy (non-hydrogen) atoms. The van der Waals surface area contributed by atoms with Crippen LogP contribution >= 0.6 is 0 Å². The summed E-state index contributed by atoms with van der Waals surface area (Å²) in [6.45, 7) is 5.92. The number of hydrogen-bond acceptors (Lipinski definition) is 2. The van der Waals surface area contributed by atoms with Gasteiger partial charge in [0.05, 0.1) is 0 Å². The number of urea groups is 1. The smallest absolute Gasteiger partial charge is 0.323 e. The van der Waals surface area contributed by atoms with Gasteiger partial charge in [0, 0.05) is 17.4 Å². The number of rotatable bonds is 3. The molecule has 4 N–H and O–H groups in total. The number of aryl methyl sites for hydroxylation is 1. The van der Waals surface area contributed by atoms with Crippen molar-refractivity contribution in [1.29, 1.82) is 0 Å². The maximum atomic E-state index is 12.1. The highest BCUT2D eigenvalue weighted by molar-refractivity contribution is 6.00. The lowest BCUT2D eigenvalue weighted by molar-refractivity contribution is 0.262. The van der Waals surface area contributed by atoms with E-state index in [4.69, 9.17) is 5.73 Å². The van der Waals surface area contributed by atoms with Crippen molar-refractivity contribution >= 4 is 17.4 Å². The molecule has 1 atom stereocenters. The molecule has 0 aliphatic heterocycles. The van der Waals surface area contributed by atoms with Crippen molar-refractivity contribution in [2.45, 2.75) is 26.8 Å². The molecule has 4 nitrogen and oxygen atoms in total. The van der Waals surface area contributed by atoms with E-state index in [9.17, 15) is 4.79 Å². The van der Waals surface area contributed by atoms with Gasteiger partial charge in [-0.3, -0.25) is 0 Å². The lowest BCUT2D eigenvalue weighted by Gasteiger charge is -2.12. The Labute approximate surface area is 125 Å². The first kappa shape index (κ1) is 15.1. The number of benzene rings is 2. The van der Waals surface area contributed by atoms with E-state index in [1.165, 1.54) is 0 Å². The first-order valence-electron chi connectivity index (χ1n) is 6.97. The highest BCUT2D eigenvalue weighted by atomic mass is 16.2. The van der Waals surface area contributed by atoms with Crippen molar-refractivity contribution in [2.75, 3.05) is 10.6 Å². The molecular weight excluding hydrogens is 262 g/mol. The minimum absolute atomic E-state index is 0.0613. The van der Waals surface area contributed by atoms with E-state index in [2.05, 4.69) is 10.6 Å². The number of carbonyl (C=O) groups is 1. The Morgan fingerprint density at radius 1 is 1.10 bits per heavy atom. The molecular formula is C17H21N3O. The fourth-order valence-electron chi connectivity index (χ4n) is 2.07. The molecule has 0 bridgehead atoms. The Balaban J connectivity index is 2.08. The van der Waals surface area contributed by atoms with E-state index >= 15 is 0 Å². The summed E-state index contributed by atoms with van der Waals surface area (Å²) in [4.78, 5) is 12.1. The minimum Gasteiger partial charge on any atom is -0.324 e. The van der Waals surface area contributed by atoms with Crippen LogP contribution in [0, 0.1) is 13.8 Å². The molecule has 110 valence electrons. The molecule has 0 spiro atoms. The molecule has 0 saturated carbocycles. The van der Waals surface area contributed by atoms with Crippen LogP contribution < -0.4 is 16.4 Å². The monoisotopic (exact) mass is 283 g/mol. The first-order chi connectivity index (χ1) is 9.97. The standard InChI is InChI=1S/C17H21N3O/c1-11-6-4-9-16(12(11)2)20-17(21)19-15-8-5-7-14(10-15)13(3)18/h4-10,13H,18H2,1-3H3,(H2,19,20,21). The number of nitrogens with one attached hydrogen (secondary N) is 2. The second kappa shape index (κ2) is 6.41. The molecule has 2 rings (SSSR count). The van der Waals surface area contributed by atoms with Gasteiger partial charge in [0.2, 0.25) is 0 Å². The second-order valence-corrected chi connectivity index (χ2v) is 5.24. The van der Waals surface area contributed by atoms with Gasteiger partial charge in [0.15, 0.2) is 0 Å². The molecule has 0 aliphatic carbocycles. The fourth-order valence-corrected chi connectivity index (χ4v) is 2.07. The predicted molar refractivity (Wildman–Crippen MR) is 87.6 cm³/mol. The van der Waals surface area contributed by atoms with Crippen molar-refractivity contribution in [3.63, 3.8) is 0 Å². The average Bonchev–Trinajstić information content (AvgIpc) is 2.44. The van der Waals surface area contributed by atoms with Gasteiger partial charge >= 0.3 is 6.03 Å². The molecule has 4 heteroatoms. The summed E-state index contributed by atoms with van der Waals surface area (Å²) in [6, 6.07) is 13.1. The van der Waals surface area contributed by atoms with E-state index in [1.54, 1.807) is 0 Å². The summed E-state index contributed by atoms with van der Waals surface area (Å²) < 4.78 is 0. The maximum absolute atomic E-state index is 12.1. The Kier molecular flexibility index (Phi) is 4.60. The lowest BCUT2D eigenvalue weighted by Crippen LogP contribution is -2.20. The second-order valence-electron chi connectivity index (χ2n) is 5.24. The van der Waals surface area contributed by atoms with Crippen LogP contribution in [0.4, 0.5) is 16.2 Å². The van der Waals surface area contributed by atoms with Gasteiger partial charge < -0.3 is 16.4 Å². The Bertz CT molecular complexity index is 650. The SMILES string of the molecule is Cc1cccc(NC(=O)Nc2cccc(C(C)N)c2)c1C. The third kappa shape index (κ3) is 3.83. The van der Waals surface area contributed by atoms with Crippen molar-refractivity contribution < 1.29 is 4.79 Å². The van der Waals surface area contributed by atoms with Gasteiger partial charge in [-0.1, -0.05) is 24.3 Å². The number of amides is 2. The van der Waals surface area contributed by atoms with Gasteiger partial charge in [-0.05, 0) is 55.7 Å². The topological polar surface area (TPSA) is 67.2 Å². The molecule has 2 aromatic rings. The summed E-state index contributed by atoms with van der Waals surface area (Å²) in [5, 5.41) is 5.69. The molecule has 2 amide bonds. The third-order valence-electron chi connectivity index (χ3n) is 3.52. The van der Waals surface area contributed by atoms with Gasteiger partial charge in [-0.2, -0.15) is 0 Å². The van der Waals surface area contributed by atoms with Crippen LogP contribution in [0.5, 0.6) is 0 Å². The van der Waals surface area contributed by atoms with Crippen LogP contribution in [-0.2, 0) is 0 Å². The zero-order valence-corrected chi connectivity index (χ0v) is 12.6. The lowest BCUT2D eigenvalue weighted by atomic mass is 10.1. The summed E-state index contributed by atoms with van der Waals surface area (Å²) in [6.07, 6.45) is 0. The van der Waals surface area contributed by atoms with Gasteiger partial charge in [0.25, 0.3) is 0 Å². The molecule has 0 radical (unpaired) electrons. The van der Waals surface area contributed by atoms with Crippen LogP contribution in [0.15, 0.2) is 42.5 Å². The minimum atomic E-state index is -0.259. The molecule has 1 unspecified atom stereocenters. The van der Waals surface area contributed by atoms with E-state index in [-0.39, 0.29) is 12.1 Å². The van der Waals surface area contributed by atoms with Crippen molar-refractivity contribution in [1.82, 2.24) is 0 Å². The van der Waals surface area contributed by atoms with Crippen LogP contribution in [0.25, 0.3) is 0 Å². The maximum Gasteiger partial charge on any atom is 0.323 e. The Morgan fingerprint density at radius 3 is 2.52 bits per heavy atom. The molecule has 0 heterocycles. The third-order valence-corrected chi connectivity index (χ3v) is 3.52. The average molecular weight is 283 g/mol. The Hall–Kier alpha value is -2.33. The molecule has 0 aliphatic rings. The number of nitrogens with two attached hydrogens (primary N) is 1. The van der Waals surface area contributed by atoms with Crippen molar-refractivity contribution in [2.24, 2.45) is 5.73 Å². The van der Waals surface area contributed by atoms with Crippen molar-refractivity contribution in [3.05, 3.63) is 59.2 Å². The highest BCUT2D eigenvalue weighted by Gasteiger charge is 2.07. The fraction of sp³-hybridized carbons (Fsp3) is 0.235. The zero-order valence-electron chi connectivity index (χ0n) is 12.6. The number of hydrogen-bond donors (Lipinski definition) is 3. The summed E-state index contributed by atoms with van der Waals surface area (Å²) in [7, 11) is 0. The molecule has 2 aromatic carbocycles. The normalized spacial score (nSPS) is 11.8. The number of anilines is 2. The van der Waals surface area contributed by atoms with Crippen LogP contribution in [0.3, 0.4) is 0 Å². The summed E-state index contributed by atoms with van der Waals surface area (Å²) in [5.74, 6) is 0. The molecule has 0 aromatic heterocycles. The van der Waals surface area contributed by atoms with Gasteiger partial charge in [-0.25, -0.2) is 4.79 Å². The van der Waals surface area contributed by atoms with E-state index in [1.807, 2.05) is 63.2 Å². The quantitative estimate of drug-likeness (QED) is 0.798. The zero-order chi connectivity index (χ0) is 15.4. The van der Waals surface area contributed by atoms with E-state index in [0.717, 1.165) is 28.1 Å². The Morgan fingerprint density at radius 2 is 1.81 bits per heavy atom. The van der Waals surface area contributed by atoms with Crippen LogP contribution in [0.1, 0.15) is 29.7 Å². The number of carbonyl (C=O) groups excluding carboxylic acids is 1. The van der Waals surface area contributed by atoms with Gasteiger partial charge in [-0.15, -0.1) is 0 Å². The molecule has 0 fully saturated rings. The van der Waals surface area contributed by atoms with Crippen LogP contribution in [0.2, 0.25) is 0 Å². The van der Waals surface area contributed by atoms with Crippen molar-refractivity contribution in [3.8, 4) is 0 Å². The van der Waals surface area contributed by atoms with E-state index in [0.29, 0.717) is 0 Å². The first-order valence-corrected chi connectivity index (χ1v) is 6.97. The molecule has 0 saturated heterocycles. The summed E-state index contributed by atoms with van der Waals surface area (Å²) in [5.41, 5.74) is 10.6. The largest absolute Gasteiger partial charge is 0.324 e. The van der Waals surface area contributed by atoms with Gasteiger partial charge in [0.1, 0.15) is 0 Å². The highest BCUT2D eigenvalue weighted by Crippen LogP contribution is 2.19. The van der Waals surface area contributed by atoms with Crippen LogP contribution in [-0.4, -0.2) is 6.03 Å². The predicted octanol–water partition coefficient (Wildman–Crippen LogP) is 3.97. The van der Waals surface area contributed by atoms with E-state index < -0.39 is 0 Å².